The van der Waals surface area contributed by atoms with Crippen molar-refractivity contribution >= 4 is 17.3 Å². The summed E-state index contributed by atoms with van der Waals surface area (Å²) >= 11 is 1.55. The van der Waals surface area contributed by atoms with Gasteiger partial charge in [0.2, 0.25) is 5.82 Å². The largest absolute Gasteiger partial charge is 0.456 e. The predicted molar refractivity (Wildman–Crippen MR) is 81.0 cm³/mol. The molecule has 0 unspecified atom stereocenters. The third-order valence-corrected chi connectivity index (χ3v) is 5.75. The molecule has 2 fully saturated rings. The summed E-state index contributed by atoms with van der Waals surface area (Å²) in [5.41, 5.74) is 0. The molecule has 0 aromatic carbocycles. The van der Waals surface area contributed by atoms with Crippen LogP contribution in [0.1, 0.15) is 38.0 Å². The molecule has 0 radical (unpaired) electrons. The van der Waals surface area contributed by atoms with E-state index in [-0.39, 0.29) is 12.6 Å². The summed E-state index contributed by atoms with van der Waals surface area (Å²) in [4.78, 5) is 17.2. The van der Waals surface area contributed by atoms with Crippen molar-refractivity contribution in [3.05, 3.63) is 23.4 Å². The van der Waals surface area contributed by atoms with Crippen molar-refractivity contribution in [2.75, 3.05) is 0 Å². The molecule has 0 amide bonds. The van der Waals surface area contributed by atoms with Crippen molar-refractivity contribution in [1.29, 1.82) is 0 Å². The average molecular weight is 318 g/mol. The van der Waals surface area contributed by atoms with Gasteiger partial charge in [-0.15, -0.1) is 11.3 Å². The van der Waals surface area contributed by atoms with Gasteiger partial charge in [0.25, 0.3) is 5.89 Å². The van der Waals surface area contributed by atoms with Crippen molar-refractivity contribution in [1.82, 2.24) is 10.1 Å². The molecule has 0 N–H and O–H groups in total. The number of fused-ring (bicyclic) bond motifs is 2. The highest BCUT2D eigenvalue weighted by atomic mass is 32.1. The maximum absolute atomic E-state index is 12.0. The molecule has 2 aliphatic carbocycles. The molecule has 116 valence electrons. The van der Waals surface area contributed by atoms with Crippen LogP contribution in [0.2, 0.25) is 0 Å². The van der Waals surface area contributed by atoms with Gasteiger partial charge in [-0.05, 0) is 48.5 Å². The van der Waals surface area contributed by atoms with Crippen molar-refractivity contribution in [2.45, 2.75) is 38.7 Å². The molecule has 2 heterocycles. The third kappa shape index (κ3) is 2.79. The summed E-state index contributed by atoms with van der Waals surface area (Å²) < 4.78 is 10.4. The first kappa shape index (κ1) is 13.9. The Morgan fingerprint density at radius 1 is 1.41 bits per heavy atom. The third-order valence-electron chi connectivity index (χ3n) is 4.88. The molecule has 2 saturated carbocycles. The number of thiophene rings is 1. The van der Waals surface area contributed by atoms with E-state index < -0.39 is 0 Å². The van der Waals surface area contributed by atoms with E-state index in [0.29, 0.717) is 24.1 Å². The lowest BCUT2D eigenvalue weighted by atomic mass is 9.86. The van der Waals surface area contributed by atoms with Gasteiger partial charge in [0.05, 0.1) is 4.88 Å². The van der Waals surface area contributed by atoms with E-state index in [0.717, 1.165) is 16.7 Å². The molecule has 3 atom stereocenters. The van der Waals surface area contributed by atoms with Crippen LogP contribution in [0.15, 0.2) is 22.0 Å². The number of carbonyl (C=O) groups excluding carboxylic acids is 1. The molecule has 0 spiro atoms. The molecule has 5 nitrogen and oxygen atoms in total. The summed E-state index contributed by atoms with van der Waals surface area (Å²) in [5.74, 6) is 2.88. The van der Waals surface area contributed by atoms with Crippen LogP contribution in [0.5, 0.6) is 0 Å². The molecule has 2 aliphatic rings. The number of aromatic nitrogens is 2. The van der Waals surface area contributed by atoms with Gasteiger partial charge in [0.15, 0.2) is 6.61 Å². The Morgan fingerprint density at radius 2 is 2.36 bits per heavy atom. The fourth-order valence-corrected chi connectivity index (χ4v) is 4.51. The van der Waals surface area contributed by atoms with E-state index in [9.17, 15) is 4.79 Å². The highest BCUT2D eigenvalue weighted by Gasteiger charge is 2.40. The Labute approximate surface area is 132 Å². The number of ether oxygens (including phenoxy) is 1. The molecule has 4 rings (SSSR count). The maximum atomic E-state index is 12.0. The highest BCUT2D eigenvalue weighted by molar-refractivity contribution is 7.13. The average Bonchev–Trinajstić information content (AvgIpc) is 3.27. The molecule has 2 aromatic heterocycles. The normalized spacial score (nSPS) is 26.5. The van der Waals surface area contributed by atoms with Crippen LogP contribution >= 0.6 is 11.3 Å². The van der Waals surface area contributed by atoms with Crippen LogP contribution in [-0.4, -0.2) is 16.1 Å². The van der Waals surface area contributed by atoms with Gasteiger partial charge in [-0.25, -0.2) is 0 Å². The summed E-state index contributed by atoms with van der Waals surface area (Å²) in [6.45, 7) is 0.0675. The second-order valence-corrected chi connectivity index (χ2v) is 7.24. The number of hydrogen-bond acceptors (Lipinski definition) is 6. The SMILES string of the molecule is O=C(C[C@@H]1C[C@H]2CC[C@H]1C2)OCc1nc(-c2cccs2)no1. The van der Waals surface area contributed by atoms with Crippen molar-refractivity contribution in [2.24, 2.45) is 17.8 Å². The first-order valence-corrected chi connectivity index (χ1v) is 8.68. The quantitative estimate of drug-likeness (QED) is 0.787. The van der Waals surface area contributed by atoms with Gasteiger partial charge in [-0.3, -0.25) is 4.79 Å². The first-order valence-electron chi connectivity index (χ1n) is 7.80. The zero-order valence-electron chi connectivity index (χ0n) is 12.2. The molecule has 6 heteroatoms. The Hall–Kier alpha value is -1.69. The number of nitrogens with zero attached hydrogens (tertiary/aromatic N) is 2. The van der Waals surface area contributed by atoms with Crippen molar-refractivity contribution in [3.8, 4) is 10.7 Å². The monoisotopic (exact) mass is 318 g/mol. The van der Waals surface area contributed by atoms with E-state index in [1.54, 1.807) is 11.3 Å². The van der Waals surface area contributed by atoms with Crippen LogP contribution in [0.25, 0.3) is 10.7 Å². The van der Waals surface area contributed by atoms with Crippen LogP contribution in [-0.2, 0) is 16.1 Å². The van der Waals surface area contributed by atoms with Crippen LogP contribution in [0.3, 0.4) is 0 Å². The lowest BCUT2D eigenvalue weighted by molar-refractivity contribution is -0.147. The fourth-order valence-electron chi connectivity index (χ4n) is 3.86. The zero-order valence-corrected chi connectivity index (χ0v) is 13.1. The minimum atomic E-state index is -0.145. The molecular weight excluding hydrogens is 300 g/mol. The zero-order chi connectivity index (χ0) is 14.9. The summed E-state index contributed by atoms with van der Waals surface area (Å²) in [5, 5.41) is 5.86. The highest BCUT2D eigenvalue weighted by Crippen LogP contribution is 2.49. The van der Waals surface area contributed by atoms with Crippen molar-refractivity contribution < 1.29 is 14.1 Å². The number of esters is 1. The lowest BCUT2D eigenvalue weighted by Gasteiger charge is -2.20. The van der Waals surface area contributed by atoms with Crippen LogP contribution < -0.4 is 0 Å². The van der Waals surface area contributed by atoms with Gasteiger partial charge < -0.3 is 9.26 Å². The van der Waals surface area contributed by atoms with Gasteiger partial charge in [0, 0.05) is 6.42 Å². The van der Waals surface area contributed by atoms with Crippen LogP contribution in [0.4, 0.5) is 0 Å². The van der Waals surface area contributed by atoms with Gasteiger partial charge >= 0.3 is 5.97 Å². The maximum Gasteiger partial charge on any atom is 0.306 e. The molecule has 22 heavy (non-hydrogen) atoms. The standard InChI is InChI=1S/C16H18N2O3S/c19-15(8-12-7-10-3-4-11(12)6-10)20-9-14-17-16(18-21-14)13-2-1-5-22-13/h1-2,5,10-12H,3-4,6-9H2/t10-,11-,12-/m0/s1. The smallest absolute Gasteiger partial charge is 0.306 e. The Bertz CT molecular complexity index is 652. The minimum absolute atomic E-state index is 0.0675. The van der Waals surface area contributed by atoms with Crippen molar-refractivity contribution in [3.63, 3.8) is 0 Å². The van der Waals surface area contributed by atoms with E-state index in [1.807, 2.05) is 17.5 Å². The summed E-state index contributed by atoms with van der Waals surface area (Å²) in [6, 6.07) is 3.87. The molecule has 0 saturated heterocycles. The number of hydrogen-bond donors (Lipinski definition) is 0. The molecule has 0 aliphatic heterocycles. The van der Waals surface area contributed by atoms with E-state index in [2.05, 4.69) is 10.1 Å². The summed E-state index contributed by atoms with van der Waals surface area (Å²) in [7, 11) is 0. The van der Waals surface area contributed by atoms with E-state index >= 15 is 0 Å². The van der Waals surface area contributed by atoms with Gasteiger partial charge in [0.1, 0.15) is 0 Å². The first-order chi connectivity index (χ1) is 10.8. The van der Waals surface area contributed by atoms with E-state index in [4.69, 9.17) is 9.26 Å². The Balaban J connectivity index is 1.28. The molecule has 2 aromatic rings. The second-order valence-electron chi connectivity index (χ2n) is 6.29. The fraction of sp³-hybridized carbons (Fsp3) is 0.562. The summed E-state index contributed by atoms with van der Waals surface area (Å²) in [6.07, 6.45) is 5.68. The number of carbonyl (C=O) groups is 1. The topological polar surface area (TPSA) is 65.2 Å². The van der Waals surface area contributed by atoms with E-state index in [1.165, 1.54) is 25.7 Å². The Morgan fingerprint density at radius 3 is 3.09 bits per heavy atom. The molecule has 2 bridgehead atoms. The molecular formula is C16H18N2O3S. The minimum Gasteiger partial charge on any atom is -0.456 e. The predicted octanol–water partition coefficient (Wildman–Crippen LogP) is 3.67. The Kier molecular flexibility index (Phi) is 3.70. The van der Waals surface area contributed by atoms with Gasteiger partial charge in [-0.2, -0.15) is 4.98 Å². The van der Waals surface area contributed by atoms with Crippen LogP contribution in [0, 0.1) is 17.8 Å². The lowest BCUT2D eigenvalue weighted by Crippen LogP contribution is -2.17. The second kappa shape index (κ2) is 5.83. The van der Waals surface area contributed by atoms with Gasteiger partial charge in [-0.1, -0.05) is 17.6 Å². The number of rotatable bonds is 5.